The zero-order chi connectivity index (χ0) is 18.8. The first-order valence-corrected chi connectivity index (χ1v) is 8.07. The van der Waals surface area contributed by atoms with Crippen LogP contribution in [-0.4, -0.2) is 25.0 Å². The average Bonchev–Trinajstić information content (AvgIpc) is 2.68. The smallest absolute Gasteiger partial charge is 0.237 e. The van der Waals surface area contributed by atoms with E-state index in [0.717, 1.165) is 11.1 Å². The van der Waals surface area contributed by atoms with Gasteiger partial charge in [0.2, 0.25) is 11.8 Å². The predicted octanol–water partition coefficient (Wildman–Crippen LogP) is 0.871. The van der Waals surface area contributed by atoms with Crippen LogP contribution in [0.25, 0.3) is 11.1 Å². The molecule has 2 aromatic carbocycles. The molecule has 0 aliphatic rings. The van der Waals surface area contributed by atoms with Gasteiger partial charge in [-0.1, -0.05) is 24.3 Å². The lowest BCUT2D eigenvalue weighted by molar-refractivity contribution is -0.122. The van der Waals surface area contributed by atoms with Crippen LogP contribution in [0.15, 0.2) is 48.5 Å². The second-order valence-corrected chi connectivity index (χ2v) is 5.38. The van der Waals surface area contributed by atoms with Crippen LogP contribution < -0.4 is 32.0 Å². The van der Waals surface area contributed by atoms with Crippen molar-refractivity contribution in [3.63, 3.8) is 0 Å². The van der Waals surface area contributed by atoms with Crippen molar-refractivity contribution in [3.05, 3.63) is 48.5 Å². The lowest BCUT2D eigenvalue weighted by Crippen LogP contribution is -2.31. The molecule has 0 fully saturated rings. The summed E-state index contributed by atoms with van der Waals surface area (Å²) in [4.78, 5) is 22.1. The van der Waals surface area contributed by atoms with Gasteiger partial charge in [-0.05, 0) is 35.4 Å². The molecule has 0 aliphatic heterocycles. The molecule has 0 heterocycles. The Morgan fingerprint density at radius 2 is 1.04 bits per heavy atom. The Morgan fingerprint density at radius 1 is 0.692 bits per heavy atom. The molecule has 8 nitrogen and oxygen atoms in total. The monoisotopic (exact) mass is 358 g/mol. The van der Waals surface area contributed by atoms with Crippen LogP contribution in [-0.2, 0) is 9.59 Å². The van der Waals surface area contributed by atoms with Gasteiger partial charge < -0.3 is 9.47 Å². The van der Waals surface area contributed by atoms with Crippen molar-refractivity contribution in [1.29, 1.82) is 0 Å². The Labute approximate surface area is 151 Å². The predicted molar refractivity (Wildman–Crippen MR) is 96.8 cm³/mol. The highest BCUT2D eigenvalue weighted by Gasteiger charge is 2.03. The van der Waals surface area contributed by atoms with Crippen molar-refractivity contribution in [2.24, 2.45) is 11.7 Å². The maximum atomic E-state index is 11.0. The van der Waals surface area contributed by atoms with Gasteiger partial charge in [0.05, 0.1) is 26.1 Å². The standard InChI is InChI=1S/C18H22N4O4/c19-21-17(23)9-11-25-15-5-1-13(2-6-15)14-3-7-16(8-4-14)26-12-10-18(24)22-20/h1-8H,9-12,19-20H2,(H,21,23)(H,22,24). The summed E-state index contributed by atoms with van der Waals surface area (Å²) in [6.45, 7) is 0.521. The van der Waals surface area contributed by atoms with Crippen LogP contribution in [0.1, 0.15) is 12.8 Å². The largest absolute Gasteiger partial charge is 0.493 e. The first kappa shape index (κ1) is 19.2. The van der Waals surface area contributed by atoms with E-state index in [-0.39, 0.29) is 37.9 Å². The fourth-order valence-electron chi connectivity index (χ4n) is 2.15. The van der Waals surface area contributed by atoms with E-state index in [9.17, 15) is 9.59 Å². The molecular weight excluding hydrogens is 336 g/mol. The first-order valence-electron chi connectivity index (χ1n) is 8.07. The number of carbonyl (C=O) groups excluding carboxylic acids is 2. The summed E-state index contributed by atoms with van der Waals surface area (Å²) in [5, 5.41) is 0. The number of nitrogens with one attached hydrogen (secondary N) is 2. The number of amides is 2. The summed E-state index contributed by atoms with van der Waals surface area (Å²) in [6.07, 6.45) is 0.402. The number of hydrazine groups is 2. The molecular formula is C18H22N4O4. The quantitative estimate of drug-likeness (QED) is 0.299. The van der Waals surface area contributed by atoms with Gasteiger partial charge in [0, 0.05) is 0 Å². The normalized spacial score (nSPS) is 10.1. The van der Waals surface area contributed by atoms with Crippen LogP contribution in [0.4, 0.5) is 0 Å². The molecule has 0 atom stereocenters. The number of hydrogen-bond donors (Lipinski definition) is 4. The highest BCUT2D eigenvalue weighted by Crippen LogP contribution is 2.24. The highest BCUT2D eigenvalue weighted by molar-refractivity contribution is 5.75. The van der Waals surface area contributed by atoms with Gasteiger partial charge in [-0.15, -0.1) is 0 Å². The SMILES string of the molecule is NNC(=O)CCOc1ccc(-c2ccc(OCCC(=O)NN)cc2)cc1. The number of hydrogen-bond acceptors (Lipinski definition) is 6. The molecule has 8 heteroatoms. The molecule has 2 aromatic rings. The van der Waals surface area contributed by atoms with Gasteiger partial charge in [-0.25, -0.2) is 11.7 Å². The van der Waals surface area contributed by atoms with Crippen LogP contribution in [0, 0.1) is 0 Å². The van der Waals surface area contributed by atoms with E-state index in [2.05, 4.69) is 10.9 Å². The number of carbonyl (C=O) groups is 2. The molecule has 2 amide bonds. The average molecular weight is 358 g/mol. The molecule has 0 radical (unpaired) electrons. The van der Waals surface area contributed by atoms with E-state index in [1.54, 1.807) is 0 Å². The molecule has 0 aliphatic carbocycles. The van der Waals surface area contributed by atoms with Gasteiger partial charge in [-0.3, -0.25) is 20.4 Å². The summed E-state index contributed by atoms with van der Waals surface area (Å²) < 4.78 is 11.0. The molecule has 138 valence electrons. The second-order valence-electron chi connectivity index (χ2n) is 5.38. The third-order valence-corrected chi connectivity index (χ3v) is 3.56. The number of benzene rings is 2. The van der Waals surface area contributed by atoms with E-state index in [1.807, 2.05) is 48.5 Å². The Bertz CT molecular complexity index is 653. The zero-order valence-electron chi connectivity index (χ0n) is 14.2. The lowest BCUT2D eigenvalue weighted by Gasteiger charge is -2.09. The second kappa shape index (κ2) is 10.0. The van der Waals surface area contributed by atoms with Crippen molar-refractivity contribution >= 4 is 11.8 Å². The molecule has 0 saturated carbocycles. The third-order valence-electron chi connectivity index (χ3n) is 3.56. The van der Waals surface area contributed by atoms with Crippen molar-refractivity contribution < 1.29 is 19.1 Å². The molecule has 0 spiro atoms. The van der Waals surface area contributed by atoms with E-state index >= 15 is 0 Å². The Kier molecular flexibility index (Phi) is 7.41. The molecule has 6 N–H and O–H groups in total. The van der Waals surface area contributed by atoms with Crippen LogP contribution in [0.5, 0.6) is 11.5 Å². The van der Waals surface area contributed by atoms with Crippen LogP contribution >= 0.6 is 0 Å². The van der Waals surface area contributed by atoms with Crippen molar-refractivity contribution in [2.75, 3.05) is 13.2 Å². The highest BCUT2D eigenvalue weighted by atomic mass is 16.5. The Balaban J connectivity index is 1.86. The zero-order valence-corrected chi connectivity index (χ0v) is 14.2. The topological polar surface area (TPSA) is 129 Å². The minimum Gasteiger partial charge on any atom is -0.493 e. The number of rotatable bonds is 9. The molecule has 0 aromatic heterocycles. The Hall–Kier alpha value is -3.10. The van der Waals surface area contributed by atoms with Gasteiger partial charge in [0.25, 0.3) is 0 Å². The first-order chi connectivity index (χ1) is 12.6. The van der Waals surface area contributed by atoms with Crippen LogP contribution in [0.3, 0.4) is 0 Å². The van der Waals surface area contributed by atoms with Gasteiger partial charge in [0.15, 0.2) is 0 Å². The van der Waals surface area contributed by atoms with E-state index in [4.69, 9.17) is 21.2 Å². The van der Waals surface area contributed by atoms with Gasteiger partial charge >= 0.3 is 0 Å². The number of ether oxygens (including phenoxy) is 2. The molecule has 26 heavy (non-hydrogen) atoms. The fraction of sp³-hybridized carbons (Fsp3) is 0.222. The maximum absolute atomic E-state index is 11.0. The molecule has 0 unspecified atom stereocenters. The summed E-state index contributed by atoms with van der Waals surface area (Å²) in [6, 6.07) is 15.1. The summed E-state index contributed by atoms with van der Waals surface area (Å²) in [5.41, 5.74) is 6.15. The van der Waals surface area contributed by atoms with Crippen molar-refractivity contribution in [3.8, 4) is 22.6 Å². The van der Waals surface area contributed by atoms with Crippen LogP contribution in [0.2, 0.25) is 0 Å². The lowest BCUT2D eigenvalue weighted by atomic mass is 10.1. The van der Waals surface area contributed by atoms with Crippen molar-refractivity contribution in [2.45, 2.75) is 12.8 Å². The molecule has 0 saturated heterocycles. The summed E-state index contributed by atoms with van der Waals surface area (Å²) >= 11 is 0. The molecule has 0 bridgehead atoms. The summed E-state index contributed by atoms with van der Waals surface area (Å²) in [5.74, 6) is 10.8. The molecule has 2 rings (SSSR count). The van der Waals surface area contributed by atoms with E-state index in [0.29, 0.717) is 11.5 Å². The number of nitrogens with two attached hydrogens (primary N) is 2. The fourth-order valence-corrected chi connectivity index (χ4v) is 2.15. The van der Waals surface area contributed by atoms with Gasteiger partial charge in [0.1, 0.15) is 11.5 Å². The Morgan fingerprint density at radius 3 is 1.35 bits per heavy atom. The summed E-state index contributed by atoms with van der Waals surface area (Å²) in [7, 11) is 0. The van der Waals surface area contributed by atoms with Gasteiger partial charge in [-0.2, -0.15) is 0 Å². The maximum Gasteiger partial charge on any atom is 0.237 e. The third kappa shape index (κ3) is 6.08. The van der Waals surface area contributed by atoms with Crippen molar-refractivity contribution in [1.82, 2.24) is 10.9 Å². The minimum absolute atomic E-state index is 0.201. The van der Waals surface area contributed by atoms with E-state index < -0.39 is 0 Å². The van der Waals surface area contributed by atoms with E-state index in [1.165, 1.54) is 0 Å². The minimum atomic E-state index is -0.271.